The maximum Gasteiger partial charge on any atom is 0.332 e. The van der Waals surface area contributed by atoms with Crippen molar-refractivity contribution in [1.29, 1.82) is 0 Å². The van der Waals surface area contributed by atoms with Crippen molar-refractivity contribution >= 4 is 8.60 Å². The fourth-order valence-corrected chi connectivity index (χ4v) is 4.20. The van der Waals surface area contributed by atoms with Gasteiger partial charge in [-0.05, 0) is 19.3 Å². The van der Waals surface area contributed by atoms with E-state index in [0.717, 1.165) is 45.5 Å². The van der Waals surface area contributed by atoms with Crippen LogP contribution in [0.5, 0.6) is 0 Å². The van der Waals surface area contributed by atoms with Crippen molar-refractivity contribution in [3.63, 3.8) is 0 Å². The molecule has 0 aliphatic heterocycles. The van der Waals surface area contributed by atoms with Crippen molar-refractivity contribution in [3.05, 3.63) is 0 Å². The third kappa shape index (κ3) is 22.6. The summed E-state index contributed by atoms with van der Waals surface area (Å²) in [5, 5.41) is 0. The largest absolute Gasteiger partial charge is 0.332 e. The summed E-state index contributed by atoms with van der Waals surface area (Å²) in [7, 11) is -1.14. The molecule has 0 aliphatic carbocycles. The zero-order valence-electron chi connectivity index (χ0n) is 19.5. The molecule has 0 radical (unpaired) electrons. The smallest absolute Gasteiger partial charge is 0.312 e. The van der Waals surface area contributed by atoms with Gasteiger partial charge in [-0.3, -0.25) is 0 Å². The Morgan fingerprint density at radius 3 is 1.00 bits per heavy atom. The maximum atomic E-state index is 5.93. The van der Waals surface area contributed by atoms with Crippen molar-refractivity contribution in [2.75, 3.05) is 19.8 Å². The minimum atomic E-state index is -1.14. The van der Waals surface area contributed by atoms with Crippen LogP contribution in [0.1, 0.15) is 136 Å². The number of unbranched alkanes of at least 4 members (excludes halogenated alkanes) is 15. The molecular weight excluding hydrogens is 367 g/mol. The first-order chi connectivity index (χ1) is 13.8. The van der Waals surface area contributed by atoms with Crippen LogP contribution in [0, 0.1) is 0 Å². The molecule has 0 saturated carbocycles. The van der Waals surface area contributed by atoms with Crippen LogP contribution in [0.25, 0.3) is 0 Å². The molecule has 0 atom stereocenters. The molecule has 4 heteroatoms. The van der Waals surface area contributed by atoms with Crippen LogP contribution in [-0.4, -0.2) is 19.8 Å². The Hall–Kier alpha value is 0.310. The van der Waals surface area contributed by atoms with Crippen LogP contribution < -0.4 is 0 Å². The molecule has 28 heavy (non-hydrogen) atoms. The van der Waals surface area contributed by atoms with E-state index in [9.17, 15) is 0 Å². The van der Waals surface area contributed by atoms with E-state index < -0.39 is 8.60 Å². The van der Waals surface area contributed by atoms with Gasteiger partial charge < -0.3 is 13.6 Å². The van der Waals surface area contributed by atoms with E-state index in [1.54, 1.807) is 0 Å². The quantitative estimate of drug-likeness (QED) is 0.115. The molecule has 0 N–H and O–H groups in total. The van der Waals surface area contributed by atoms with Gasteiger partial charge in [0.05, 0.1) is 19.8 Å². The van der Waals surface area contributed by atoms with Crippen LogP contribution in [0.2, 0.25) is 0 Å². The summed E-state index contributed by atoms with van der Waals surface area (Å²) in [4.78, 5) is 0. The summed E-state index contributed by atoms with van der Waals surface area (Å²) in [5.74, 6) is 0. The zero-order chi connectivity index (χ0) is 20.5. The standard InChI is InChI=1S/C24H51O3P/c1-4-7-10-12-14-16-18-20-23-26-28(25-22-9-6-3)27-24-21-19-17-15-13-11-8-5-2/h4-24H2,1-3H3. The highest BCUT2D eigenvalue weighted by Gasteiger charge is 2.12. The second kappa shape index (κ2) is 25.3. The average Bonchev–Trinajstić information content (AvgIpc) is 2.71. The van der Waals surface area contributed by atoms with Crippen LogP contribution >= 0.6 is 8.60 Å². The Morgan fingerprint density at radius 2 is 0.643 bits per heavy atom. The van der Waals surface area contributed by atoms with E-state index in [4.69, 9.17) is 13.6 Å². The van der Waals surface area contributed by atoms with Crippen molar-refractivity contribution in [3.8, 4) is 0 Å². The minimum Gasteiger partial charge on any atom is -0.312 e. The van der Waals surface area contributed by atoms with Gasteiger partial charge in [0.1, 0.15) is 0 Å². The fraction of sp³-hybridized carbons (Fsp3) is 1.00. The molecule has 170 valence electrons. The average molecular weight is 419 g/mol. The second-order valence-electron chi connectivity index (χ2n) is 8.03. The van der Waals surface area contributed by atoms with Crippen LogP contribution in [-0.2, 0) is 13.6 Å². The molecule has 0 amide bonds. The van der Waals surface area contributed by atoms with Gasteiger partial charge in [0, 0.05) is 0 Å². The second-order valence-corrected chi connectivity index (χ2v) is 9.25. The van der Waals surface area contributed by atoms with Gasteiger partial charge >= 0.3 is 8.60 Å². The highest BCUT2D eigenvalue weighted by molar-refractivity contribution is 7.41. The molecule has 0 bridgehead atoms. The lowest BCUT2D eigenvalue weighted by Crippen LogP contribution is -2.00. The van der Waals surface area contributed by atoms with E-state index in [1.165, 1.54) is 89.9 Å². The van der Waals surface area contributed by atoms with Crippen molar-refractivity contribution in [2.24, 2.45) is 0 Å². The van der Waals surface area contributed by atoms with E-state index in [2.05, 4.69) is 20.8 Å². The Labute approximate surface area is 178 Å². The molecule has 0 rings (SSSR count). The molecule has 0 unspecified atom stereocenters. The first-order valence-corrected chi connectivity index (χ1v) is 13.6. The highest BCUT2D eigenvalue weighted by atomic mass is 31.2. The summed E-state index contributed by atoms with van der Waals surface area (Å²) in [6, 6.07) is 0. The van der Waals surface area contributed by atoms with Gasteiger partial charge in [-0.25, -0.2) is 0 Å². The third-order valence-electron chi connectivity index (χ3n) is 5.08. The topological polar surface area (TPSA) is 27.7 Å². The molecule has 0 aromatic rings. The summed E-state index contributed by atoms with van der Waals surface area (Å²) < 4.78 is 17.7. The molecule has 0 spiro atoms. The van der Waals surface area contributed by atoms with Crippen LogP contribution in [0.3, 0.4) is 0 Å². The Kier molecular flexibility index (Phi) is 25.6. The Balaban J connectivity index is 3.62. The predicted molar refractivity (Wildman–Crippen MR) is 125 cm³/mol. The van der Waals surface area contributed by atoms with E-state index in [-0.39, 0.29) is 0 Å². The van der Waals surface area contributed by atoms with Gasteiger partial charge in [0.25, 0.3) is 0 Å². The lowest BCUT2D eigenvalue weighted by Gasteiger charge is -2.16. The third-order valence-corrected chi connectivity index (χ3v) is 6.26. The molecular formula is C24H51O3P. The van der Waals surface area contributed by atoms with Crippen molar-refractivity contribution in [1.82, 2.24) is 0 Å². The molecule has 3 nitrogen and oxygen atoms in total. The Morgan fingerprint density at radius 1 is 0.357 bits per heavy atom. The summed E-state index contributed by atoms with van der Waals surface area (Å²) in [5.41, 5.74) is 0. The summed E-state index contributed by atoms with van der Waals surface area (Å²) in [6.07, 6.45) is 23.5. The predicted octanol–water partition coefficient (Wildman–Crippen LogP) is 9.34. The molecule has 0 aromatic carbocycles. The normalized spacial score (nSPS) is 11.6. The van der Waals surface area contributed by atoms with Gasteiger partial charge in [-0.15, -0.1) is 0 Å². The lowest BCUT2D eigenvalue weighted by atomic mass is 10.1. The monoisotopic (exact) mass is 418 g/mol. The molecule has 0 heterocycles. The van der Waals surface area contributed by atoms with Gasteiger partial charge in [-0.1, -0.05) is 117 Å². The first-order valence-electron chi connectivity index (χ1n) is 12.5. The van der Waals surface area contributed by atoms with Crippen molar-refractivity contribution < 1.29 is 13.6 Å². The Bertz CT molecular complexity index is 255. The molecule has 0 saturated heterocycles. The van der Waals surface area contributed by atoms with Gasteiger partial charge in [-0.2, -0.15) is 0 Å². The fourth-order valence-electron chi connectivity index (χ4n) is 3.15. The van der Waals surface area contributed by atoms with Crippen molar-refractivity contribution in [2.45, 2.75) is 136 Å². The number of hydrogen-bond acceptors (Lipinski definition) is 3. The first kappa shape index (κ1) is 28.3. The lowest BCUT2D eigenvalue weighted by molar-refractivity contribution is 0.154. The van der Waals surface area contributed by atoms with Crippen LogP contribution in [0.15, 0.2) is 0 Å². The van der Waals surface area contributed by atoms with E-state index in [0.29, 0.717) is 0 Å². The zero-order valence-corrected chi connectivity index (χ0v) is 20.4. The highest BCUT2D eigenvalue weighted by Crippen LogP contribution is 2.40. The van der Waals surface area contributed by atoms with E-state index in [1.807, 2.05) is 0 Å². The minimum absolute atomic E-state index is 0.761. The van der Waals surface area contributed by atoms with E-state index >= 15 is 0 Å². The summed E-state index contributed by atoms with van der Waals surface area (Å²) in [6.45, 7) is 9.06. The molecule has 0 aromatic heterocycles. The summed E-state index contributed by atoms with van der Waals surface area (Å²) >= 11 is 0. The molecule has 0 fully saturated rings. The van der Waals surface area contributed by atoms with Gasteiger partial charge in [0.15, 0.2) is 0 Å². The number of rotatable bonds is 24. The van der Waals surface area contributed by atoms with Gasteiger partial charge in [0.2, 0.25) is 0 Å². The van der Waals surface area contributed by atoms with Crippen LogP contribution in [0.4, 0.5) is 0 Å². The SMILES string of the molecule is CCCCCCCCCCOP(OCCCC)OCCCCCCCCCC. The number of hydrogen-bond donors (Lipinski definition) is 0. The molecule has 0 aliphatic rings. The maximum absolute atomic E-state index is 5.93.